The van der Waals surface area contributed by atoms with Crippen LogP contribution in [0.4, 0.5) is 0 Å². The van der Waals surface area contributed by atoms with Crippen molar-refractivity contribution >= 4 is 5.97 Å². The maximum absolute atomic E-state index is 10.9. The summed E-state index contributed by atoms with van der Waals surface area (Å²) in [6.45, 7) is 5.91. The standard InChI is InChI=1S/C16H16O3/c1-10-4-6-14(9-11(10)2)19-15-7-5-13(16(17)18)8-12(15)3/h4-9H,1-3H3,(H,17,18). The zero-order valence-corrected chi connectivity index (χ0v) is 11.2. The molecule has 2 aromatic carbocycles. The van der Waals surface area contributed by atoms with Crippen molar-refractivity contribution in [2.45, 2.75) is 20.8 Å². The SMILES string of the molecule is Cc1ccc(Oc2ccc(C(=O)O)cc2C)cc1C. The van der Waals surface area contributed by atoms with Gasteiger partial charge in [-0.15, -0.1) is 0 Å². The molecule has 98 valence electrons. The van der Waals surface area contributed by atoms with Crippen LogP contribution in [0.2, 0.25) is 0 Å². The molecule has 0 atom stereocenters. The van der Waals surface area contributed by atoms with Crippen LogP contribution in [-0.2, 0) is 0 Å². The van der Waals surface area contributed by atoms with Crippen molar-refractivity contribution in [3.05, 3.63) is 58.7 Å². The van der Waals surface area contributed by atoms with E-state index in [0.717, 1.165) is 16.9 Å². The van der Waals surface area contributed by atoms with Crippen LogP contribution in [0.1, 0.15) is 27.0 Å². The van der Waals surface area contributed by atoms with E-state index in [9.17, 15) is 4.79 Å². The Balaban J connectivity index is 2.28. The number of carbonyl (C=O) groups is 1. The monoisotopic (exact) mass is 256 g/mol. The predicted octanol–water partition coefficient (Wildman–Crippen LogP) is 4.10. The quantitative estimate of drug-likeness (QED) is 0.899. The van der Waals surface area contributed by atoms with Crippen molar-refractivity contribution in [3.8, 4) is 11.5 Å². The van der Waals surface area contributed by atoms with Crippen LogP contribution >= 0.6 is 0 Å². The molecule has 0 radical (unpaired) electrons. The fourth-order valence-corrected chi connectivity index (χ4v) is 1.80. The molecule has 1 N–H and O–H groups in total. The molecule has 3 heteroatoms. The van der Waals surface area contributed by atoms with Gasteiger partial charge in [-0.25, -0.2) is 4.79 Å². The summed E-state index contributed by atoms with van der Waals surface area (Å²) in [5.41, 5.74) is 3.45. The van der Waals surface area contributed by atoms with Crippen LogP contribution in [0.3, 0.4) is 0 Å². The van der Waals surface area contributed by atoms with E-state index in [0.29, 0.717) is 5.75 Å². The minimum Gasteiger partial charge on any atom is -0.478 e. The van der Waals surface area contributed by atoms with E-state index < -0.39 is 5.97 Å². The Morgan fingerprint density at radius 3 is 2.26 bits per heavy atom. The maximum atomic E-state index is 10.9. The van der Waals surface area contributed by atoms with Crippen LogP contribution in [0.5, 0.6) is 11.5 Å². The average molecular weight is 256 g/mol. The normalized spacial score (nSPS) is 10.3. The molecular formula is C16H16O3. The zero-order chi connectivity index (χ0) is 14.0. The number of aromatic carboxylic acids is 1. The molecule has 0 aromatic heterocycles. The number of carboxylic acid groups (broad SMARTS) is 1. The van der Waals surface area contributed by atoms with Crippen LogP contribution in [0.15, 0.2) is 36.4 Å². The van der Waals surface area contributed by atoms with E-state index in [1.807, 2.05) is 39.0 Å². The van der Waals surface area contributed by atoms with E-state index in [1.54, 1.807) is 18.2 Å². The second-order valence-electron chi connectivity index (χ2n) is 4.63. The highest BCUT2D eigenvalue weighted by atomic mass is 16.5. The van der Waals surface area contributed by atoms with E-state index in [2.05, 4.69) is 0 Å². The van der Waals surface area contributed by atoms with E-state index in [-0.39, 0.29) is 5.56 Å². The molecule has 0 fully saturated rings. The van der Waals surface area contributed by atoms with Gasteiger partial charge in [0.2, 0.25) is 0 Å². The fraction of sp³-hybridized carbons (Fsp3) is 0.188. The number of carboxylic acids is 1. The van der Waals surface area contributed by atoms with E-state index >= 15 is 0 Å². The number of ether oxygens (including phenoxy) is 1. The summed E-state index contributed by atoms with van der Waals surface area (Å²) >= 11 is 0. The van der Waals surface area contributed by atoms with E-state index in [1.165, 1.54) is 5.56 Å². The first-order valence-corrected chi connectivity index (χ1v) is 6.06. The highest BCUT2D eigenvalue weighted by Gasteiger charge is 2.07. The lowest BCUT2D eigenvalue weighted by molar-refractivity contribution is 0.0697. The summed E-state index contributed by atoms with van der Waals surface area (Å²) < 4.78 is 5.79. The van der Waals surface area contributed by atoms with Crippen LogP contribution < -0.4 is 4.74 Å². The summed E-state index contributed by atoms with van der Waals surface area (Å²) in [6, 6.07) is 10.7. The third-order valence-electron chi connectivity index (χ3n) is 3.13. The molecule has 0 saturated carbocycles. The second kappa shape index (κ2) is 5.14. The van der Waals surface area contributed by atoms with E-state index in [4.69, 9.17) is 9.84 Å². The topological polar surface area (TPSA) is 46.5 Å². The molecule has 0 aliphatic carbocycles. The molecule has 0 bridgehead atoms. The average Bonchev–Trinajstić information content (AvgIpc) is 2.36. The summed E-state index contributed by atoms with van der Waals surface area (Å²) in [5.74, 6) is 0.503. The Morgan fingerprint density at radius 1 is 0.947 bits per heavy atom. The Labute approximate surface area is 112 Å². The summed E-state index contributed by atoms with van der Waals surface area (Å²) in [4.78, 5) is 10.9. The smallest absolute Gasteiger partial charge is 0.335 e. The molecule has 0 unspecified atom stereocenters. The zero-order valence-electron chi connectivity index (χ0n) is 11.2. The molecule has 0 spiro atoms. The summed E-state index contributed by atoms with van der Waals surface area (Å²) in [5, 5.41) is 8.92. The number of aryl methyl sites for hydroxylation is 3. The van der Waals surface area contributed by atoms with Gasteiger partial charge in [0.05, 0.1) is 5.56 Å². The first kappa shape index (κ1) is 13.1. The molecule has 0 amide bonds. The van der Waals surface area contributed by atoms with Crippen LogP contribution in [-0.4, -0.2) is 11.1 Å². The summed E-state index contributed by atoms with van der Waals surface area (Å²) in [7, 11) is 0. The minimum absolute atomic E-state index is 0.268. The molecule has 0 saturated heterocycles. The fourth-order valence-electron chi connectivity index (χ4n) is 1.80. The predicted molar refractivity (Wildman–Crippen MR) is 74.1 cm³/mol. The summed E-state index contributed by atoms with van der Waals surface area (Å²) in [6.07, 6.45) is 0. The highest BCUT2D eigenvalue weighted by molar-refractivity contribution is 5.88. The van der Waals surface area contributed by atoms with Gasteiger partial charge in [-0.05, 0) is 67.8 Å². The number of hydrogen-bond donors (Lipinski definition) is 1. The Kier molecular flexibility index (Phi) is 3.56. The maximum Gasteiger partial charge on any atom is 0.335 e. The van der Waals surface area contributed by atoms with Gasteiger partial charge in [-0.3, -0.25) is 0 Å². The lowest BCUT2D eigenvalue weighted by Crippen LogP contribution is -1.97. The van der Waals surface area contributed by atoms with Crippen molar-refractivity contribution in [3.63, 3.8) is 0 Å². The molecule has 19 heavy (non-hydrogen) atoms. The van der Waals surface area contributed by atoms with Crippen molar-refractivity contribution in [2.75, 3.05) is 0 Å². The van der Waals surface area contributed by atoms with Crippen LogP contribution in [0.25, 0.3) is 0 Å². The number of rotatable bonds is 3. The second-order valence-corrected chi connectivity index (χ2v) is 4.63. The first-order valence-electron chi connectivity index (χ1n) is 6.06. The number of hydrogen-bond acceptors (Lipinski definition) is 2. The molecule has 3 nitrogen and oxygen atoms in total. The van der Waals surface area contributed by atoms with Gasteiger partial charge in [0.1, 0.15) is 11.5 Å². The van der Waals surface area contributed by atoms with Gasteiger partial charge in [0.15, 0.2) is 0 Å². The molecule has 0 aliphatic rings. The molecule has 0 heterocycles. The van der Waals surface area contributed by atoms with Gasteiger partial charge in [-0.1, -0.05) is 6.07 Å². The van der Waals surface area contributed by atoms with Gasteiger partial charge < -0.3 is 9.84 Å². The number of benzene rings is 2. The lowest BCUT2D eigenvalue weighted by atomic mass is 10.1. The Bertz CT molecular complexity index is 630. The van der Waals surface area contributed by atoms with Gasteiger partial charge in [0.25, 0.3) is 0 Å². The largest absolute Gasteiger partial charge is 0.478 e. The van der Waals surface area contributed by atoms with Crippen molar-refractivity contribution < 1.29 is 14.6 Å². The van der Waals surface area contributed by atoms with Crippen molar-refractivity contribution in [2.24, 2.45) is 0 Å². The Morgan fingerprint density at radius 2 is 1.68 bits per heavy atom. The minimum atomic E-state index is -0.930. The first-order chi connectivity index (χ1) is 8.97. The Hall–Kier alpha value is -2.29. The van der Waals surface area contributed by atoms with Gasteiger partial charge in [0, 0.05) is 0 Å². The third-order valence-corrected chi connectivity index (χ3v) is 3.13. The molecule has 2 rings (SSSR count). The van der Waals surface area contributed by atoms with Crippen molar-refractivity contribution in [1.82, 2.24) is 0 Å². The lowest BCUT2D eigenvalue weighted by Gasteiger charge is -2.10. The molecule has 0 aliphatic heterocycles. The molecular weight excluding hydrogens is 240 g/mol. The third kappa shape index (κ3) is 2.94. The highest BCUT2D eigenvalue weighted by Crippen LogP contribution is 2.27. The van der Waals surface area contributed by atoms with Gasteiger partial charge in [-0.2, -0.15) is 0 Å². The van der Waals surface area contributed by atoms with Crippen LogP contribution in [0, 0.1) is 20.8 Å². The molecule has 2 aromatic rings. The van der Waals surface area contributed by atoms with Gasteiger partial charge >= 0.3 is 5.97 Å². The van der Waals surface area contributed by atoms with Crippen molar-refractivity contribution in [1.29, 1.82) is 0 Å².